The lowest BCUT2D eigenvalue weighted by molar-refractivity contribution is -0.115. The normalized spacial score (nSPS) is 15.2. The zero-order chi connectivity index (χ0) is 19.7. The van der Waals surface area contributed by atoms with Gasteiger partial charge in [-0.15, -0.1) is 0 Å². The van der Waals surface area contributed by atoms with Gasteiger partial charge in [-0.25, -0.2) is 4.79 Å². The van der Waals surface area contributed by atoms with Crippen molar-refractivity contribution in [3.8, 4) is 0 Å². The average molecular weight is 392 g/mol. The molecule has 0 atom stereocenters. The van der Waals surface area contributed by atoms with E-state index < -0.39 is 0 Å². The van der Waals surface area contributed by atoms with Gasteiger partial charge in [-0.3, -0.25) is 14.9 Å². The summed E-state index contributed by atoms with van der Waals surface area (Å²) >= 11 is 0.899. The minimum atomic E-state index is -0.377. The van der Waals surface area contributed by atoms with Crippen LogP contribution in [0.25, 0.3) is 17.0 Å². The van der Waals surface area contributed by atoms with Crippen LogP contribution >= 0.6 is 11.8 Å². The second-order valence-electron chi connectivity index (χ2n) is 6.27. The number of esters is 1. The van der Waals surface area contributed by atoms with Gasteiger partial charge < -0.3 is 9.30 Å². The number of carbonyl (C=O) groups excluding carboxylic acids is 3. The molecule has 1 aliphatic rings. The Labute approximate surface area is 165 Å². The van der Waals surface area contributed by atoms with Gasteiger partial charge in [0, 0.05) is 29.2 Å². The van der Waals surface area contributed by atoms with Gasteiger partial charge in [0.25, 0.3) is 11.1 Å². The molecule has 4 rings (SSSR count). The van der Waals surface area contributed by atoms with E-state index in [1.54, 1.807) is 18.2 Å². The van der Waals surface area contributed by atoms with Crippen LogP contribution in [0.15, 0.2) is 59.6 Å². The summed E-state index contributed by atoms with van der Waals surface area (Å²) in [5.41, 5.74) is 3.29. The highest BCUT2D eigenvalue weighted by atomic mass is 32.2. The standard InChI is InChI=1S/C21H16N2O4S/c1-27-20(25)14-6-4-5-13(9-14)11-23-12-15(16-7-2-3-8-17(16)23)10-18-19(24)22-21(26)28-18/h2-10,12H,11H2,1H3,(H,22,24,26)/b18-10+. The van der Waals surface area contributed by atoms with Crippen molar-refractivity contribution in [3.05, 3.63) is 76.3 Å². The number of hydrogen-bond acceptors (Lipinski definition) is 5. The highest BCUT2D eigenvalue weighted by Crippen LogP contribution is 2.30. The Morgan fingerprint density at radius 2 is 2.00 bits per heavy atom. The van der Waals surface area contributed by atoms with Crippen LogP contribution in [-0.4, -0.2) is 28.8 Å². The Balaban J connectivity index is 1.73. The Morgan fingerprint density at radius 3 is 2.75 bits per heavy atom. The molecule has 7 heteroatoms. The number of nitrogens with one attached hydrogen (secondary N) is 1. The third-order valence-electron chi connectivity index (χ3n) is 4.45. The summed E-state index contributed by atoms with van der Waals surface area (Å²) < 4.78 is 6.84. The SMILES string of the molecule is COC(=O)c1cccc(Cn2cc(/C=C3/SC(=O)NC3=O)c3ccccc32)c1. The fourth-order valence-corrected chi connectivity index (χ4v) is 3.87. The molecule has 1 aliphatic heterocycles. The van der Waals surface area contributed by atoms with Crippen LogP contribution in [-0.2, 0) is 16.1 Å². The summed E-state index contributed by atoms with van der Waals surface area (Å²) in [5, 5.41) is 2.89. The maximum absolute atomic E-state index is 11.9. The fraction of sp³-hybridized carbons (Fsp3) is 0.0952. The first-order valence-corrected chi connectivity index (χ1v) is 9.37. The number of amides is 2. The third-order valence-corrected chi connectivity index (χ3v) is 5.26. The first-order chi connectivity index (χ1) is 13.5. The topological polar surface area (TPSA) is 77.4 Å². The van der Waals surface area contributed by atoms with Crippen molar-refractivity contribution in [3.63, 3.8) is 0 Å². The van der Waals surface area contributed by atoms with Gasteiger partial charge in [-0.05, 0) is 41.6 Å². The third kappa shape index (κ3) is 3.44. The van der Waals surface area contributed by atoms with E-state index in [9.17, 15) is 14.4 Å². The lowest BCUT2D eigenvalue weighted by Crippen LogP contribution is -2.17. The summed E-state index contributed by atoms with van der Waals surface area (Å²) in [6.45, 7) is 0.548. The van der Waals surface area contributed by atoms with E-state index in [0.717, 1.165) is 33.8 Å². The summed E-state index contributed by atoms with van der Waals surface area (Å²) in [5.74, 6) is -0.754. The number of imide groups is 1. The second-order valence-corrected chi connectivity index (χ2v) is 7.29. The molecule has 2 heterocycles. The van der Waals surface area contributed by atoms with Crippen LogP contribution in [0, 0.1) is 0 Å². The molecule has 0 radical (unpaired) electrons. The lowest BCUT2D eigenvalue weighted by atomic mass is 10.1. The van der Waals surface area contributed by atoms with E-state index in [0.29, 0.717) is 17.0 Å². The number of aromatic nitrogens is 1. The molecule has 0 bridgehead atoms. The Morgan fingerprint density at radius 1 is 1.18 bits per heavy atom. The Kier molecular flexibility index (Phi) is 4.75. The predicted octanol–water partition coefficient (Wildman–Crippen LogP) is 3.80. The molecule has 1 saturated heterocycles. The molecule has 28 heavy (non-hydrogen) atoms. The maximum Gasteiger partial charge on any atom is 0.337 e. The highest BCUT2D eigenvalue weighted by molar-refractivity contribution is 8.18. The van der Waals surface area contributed by atoms with Crippen LogP contribution in [0.4, 0.5) is 4.79 Å². The van der Waals surface area contributed by atoms with E-state index in [1.807, 2.05) is 42.6 Å². The molecule has 0 saturated carbocycles. The number of nitrogens with zero attached hydrogens (tertiary/aromatic N) is 1. The number of hydrogen-bond donors (Lipinski definition) is 1. The van der Waals surface area contributed by atoms with Crippen molar-refractivity contribution in [1.29, 1.82) is 0 Å². The molecular formula is C21H16N2O4S. The molecule has 1 N–H and O–H groups in total. The lowest BCUT2D eigenvalue weighted by Gasteiger charge is -2.07. The van der Waals surface area contributed by atoms with Crippen molar-refractivity contribution in [2.24, 2.45) is 0 Å². The Hall–Kier alpha value is -3.32. The van der Waals surface area contributed by atoms with E-state index >= 15 is 0 Å². The van der Waals surface area contributed by atoms with Crippen LogP contribution in [0.1, 0.15) is 21.5 Å². The van der Waals surface area contributed by atoms with Crippen molar-refractivity contribution in [1.82, 2.24) is 9.88 Å². The number of methoxy groups -OCH3 is 1. The molecule has 0 unspecified atom stereocenters. The zero-order valence-electron chi connectivity index (χ0n) is 15.0. The van der Waals surface area contributed by atoms with Crippen LogP contribution in [0.2, 0.25) is 0 Å². The van der Waals surface area contributed by atoms with Gasteiger partial charge in [-0.1, -0.05) is 30.3 Å². The summed E-state index contributed by atoms with van der Waals surface area (Å²) in [6, 6.07) is 15.1. The van der Waals surface area contributed by atoms with Crippen molar-refractivity contribution in [2.75, 3.05) is 7.11 Å². The highest BCUT2D eigenvalue weighted by Gasteiger charge is 2.25. The zero-order valence-corrected chi connectivity index (χ0v) is 15.8. The van der Waals surface area contributed by atoms with Gasteiger partial charge in [0.2, 0.25) is 0 Å². The number of ether oxygens (including phenoxy) is 1. The molecule has 0 spiro atoms. The molecule has 1 fully saturated rings. The quantitative estimate of drug-likeness (QED) is 0.540. The van der Waals surface area contributed by atoms with Gasteiger partial charge in [0.15, 0.2) is 0 Å². The summed E-state index contributed by atoms with van der Waals surface area (Å²) in [7, 11) is 1.36. The van der Waals surface area contributed by atoms with Gasteiger partial charge in [0.1, 0.15) is 0 Å². The average Bonchev–Trinajstić information content (AvgIpc) is 3.21. The van der Waals surface area contributed by atoms with Gasteiger partial charge >= 0.3 is 5.97 Å². The number of benzene rings is 2. The van der Waals surface area contributed by atoms with Crippen molar-refractivity contribution >= 4 is 45.9 Å². The molecule has 2 amide bonds. The number of para-hydroxylation sites is 1. The van der Waals surface area contributed by atoms with E-state index in [-0.39, 0.29) is 17.1 Å². The maximum atomic E-state index is 11.9. The van der Waals surface area contributed by atoms with Gasteiger partial charge in [-0.2, -0.15) is 0 Å². The largest absolute Gasteiger partial charge is 0.465 e. The van der Waals surface area contributed by atoms with Crippen molar-refractivity contribution < 1.29 is 19.1 Å². The molecule has 1 aromatic heterocycles. The van der Waals surface area contributed by atoms with E-state index in [1.165, 1.54) is 7.11 Å². The Bertz CT molecular complexity index is 1150. The first kappa shape index (κ1) is 18.1. The molecule has 0 aliphatic carbocycles. The van der Waals surface area contributed by atoms with Crippen molar-refractivity contribution in [2.45, 2.75) is 6.54 Å². The van der Waals surface area contributed by atoms with Crippen LogP contribution in [0.3, 0.4) is 0 Å². The predicted molar refractivity (Wildman–Crippen MR) is 108 cm³/mol. The second kappa shape index (κ2) is 7.36. The van der Waals surface area contributed by atoms with Crippen LogP contribution < -0.4 is 5.32 Å². The van der Waals surface area contributed by atoms with E-state index in [2.05, 4.69) is 9.88 Å². The summed E-state index contributed by atoms with van der Waals surface area (Å²) in [6.07, 6.45) is 3.67. The molecule has 2 aromatic carbocycles. The minimum Gasteiger partial charge on any atom is -0.465 e. The molecular weight excluding hydrogens is 376 g/mol. The summed E-state index contributed by atoms with van der Waals surface area (Å²) in [4.78, 5) is 35.5. The molecule has 3 aromatic rings. The fourth-order valence-electron chi connectivity index (χ4n) is 3.19. The monoisotopic (exact) mass is 392 g/mol. The first-order valence-electron chi connectivity index (χ1n) is 8.55. The smallest absolute Gasteiger partial charge is 0.337 e. The number of thioether (sulfide) groups is 1. The molecule has 6 nitrogen and oxygen atoms in total. The number of fused-ring (bicyclic) bond motifs is 1. The minimum absolute atomic E-state index is 0.361. The number of rotatable bonds is 4. The molecule has 140 valence electrons. The van der Waals surface area contributed by atoms with Crippen LogP contribution in [0.5, 0.6) is 0 Å². The van der Waals surface area contributed by atoms with E-state index in [4.69, 9.17) is 4.74 Å². The number of carbonyl (C=O) groups is 3. The van der Waals surface area contributed by atoms with Gasteiger partial charge in [0.05, 0.1) is 17.6 Å².